The van der Waals surface area contributed by atoms with Crippen molar-refractivity contribution in [1.82, 2.24) is 4.90 Å². The Morgan fingerprint density at radius 1 is 1.00 bits per heavy atom. The van der Waals surface area contributed by atoms with Crippen molar-refractivity contribution < 1.29 is 23.9 Å². The fourth-order valence-electron chi connectivity index (χ4n) is 6.63. The van der Waals surface area contributed by atoms with Gasteiger partial charge >= 0.3 is 11.7 Å². The van der Waals surface area contributed by atoms with Crippen molar-refractivity contribution in [2.75, 3.05) is 13.7 Å². The molecule has 3 aromatic rings. The summed E-state index contributed by atoms with van der Waals surface area (Å²) in [7, 11) is 1.97. The van der Waals surface area contributed by atoms with Crippen molar-refractivity contribution in [3.8, 4) is 11.5 Å². The average Bonchev–Trinajstić information content (AvgIpc) is 3.32. The Morgan fingerprint density at radius 3 is 2.39 bits per heavy atom. The van der Waals surface area contributed by atoms with Gasteiger partial charge in [0, 0.05) is 11.6 Å². The molecule has 3 aromatic carbocycles. The minimum Gasteiger partial charge on any atom is -0.494 e. The summed E-state index contributed by atoms with van der Waals surface area (Å²) in [5.74, 6) is 0.430. The number of azo groups is 1. The number of fused-ring (bicyclic) bond motifs is 2. The predicted octanol–water partition coefficient (Wildman–Crippen LogP) is 9.57. The lowest BCUT2D eigenvalue weighted by Gasteiger charge is -2.43. The largest absolute Gasteiger partial charge is 0.494 e. The van der Waals surface area contributed by atoms with Crippen LogP contribution in [0.15, 0.2) is 112 Å². The second-order valence-corrected chi connectivity index (χ2v) is 12.5. The van der Waals surface area contributed by atoms with Gasteiger partial charge in [-0.15, -0.1) is 0 Å². The molecule has 0 aromatic heterocycles. The molecule has 3 aliphatic rings. The lowest BCUT2D eigenvalue weighted by molar-refractivity contribution is -0.386. The molecular weight excluding hydrogens is 620 g/mol. The molecule has 0 N–H and O–H groups in total. The molecule has 49 heavy (non-hydrogen) atoms. The third kappa shape index (κ3) is 6.82. The van der Waals surface area contributed by atoms with Gasteiger partial charge in [0.05, 0.1) is 34.5 Å². The summed E-state index contributed by atoms with van der Waals surface area (Å²) in [6.07, 6.45) is 14.7. The van der Waals surface area contributed by atoms with Gasteiger partial charge in [-0.05, 0) is 110 Å². The molecule has 2 aliphatic heterocycles. The maximum atomic E-state index is 12.9. The monoisotopic (exact) mass is 660 g/mol. The average molecular weight is 661 g/mol. The molecule has 10 heteroatoms. The van der Waals surface area contributed by atoms with Gasteiger partial charge in [-0.25, -0.2) is 4.79 Å². The Labute approximate surface area is 286 Å². The van der Waals surface area contributed by atoms with E-state index in [0.29, 0.717) is 34.7 Å². The quantitative estimate of drug-likeness (QED) is 0.0624. The molecule has 6 rings (SSSR count). The van der Waals surface area contributed by atoms with Crippen molar-refractivity contribution in [2.45, 2.75) is 64.8 Å². The van der Waals surface area contributed by atoms with Crippen molar-refractivity contribution >= 4 is 29.1 Å². The standard InChI is InChI=1S/C39H40N4O6/c1-5-6-7-10-21-47-33-19-17-32(18-20-33)41-40-31-15-13-29(14-16-31)38(44)48-25-28-23-30-22-26(2)39(49-37(30)36(24-28)43(45)46)27(3)34-11-8-9-12-35(34)42(39)4/h8-9,11-20,22-24,35H,5-7,10,21,25H2,1-4H3. The SMILES string of the molecule is CCCCCCOc1ccc(N=Nc2ccc(C(=O)OCc3cc4c(c([N+](=O)[O-])c3)OC3(C(C)=C4)C(C)=C4C=CC=CC4N3C)cc2)cc1. The van der Waals surface area contributed by atoms with Gasteiger partial charge in [0.1, 0.15) is 12.4 Å². The summed E-state index contributed by atoms with van der Waals surface area (Å²) in [6, 6.07) is 17.2. The van der Waals surface area contributed by atoms with Gasteiger partial charge in [-0.2, -0.15) is 10.2 Å². The number of carbonyl (C=O) groups is 1. The van der Waals surface area contributed by atoms with Gasteiger partial charge in [0.25, 0.3) is 0 Å². The molecule has 0 fully saturated rings. The van der Waals surface area contributed by atoms with Crippen LogP contribution >= 0.6 is 0 Å². The molecule has 252 valence electrons. The van der Waals surface area contributed by atoms with E-state index in [-0.39, 0.29) is 24.1 Å². The van der Waals surface area contributed by atoms with Gasteiger partial charge in [0.2, 0.25) is 11.5 Å². The number of likely N-dealkylation sites (N-methyl/N-ethyl adjacent to an activating group) is 1. The highest BCUT2D eigenvalue weighted by Gasteiger charge is 2.53. The zero-order valence-electron chi connectivity index (χ0n) is 28.2. The van der Waals surface area contributed by atoms with E-state index in [1.807, 2.05) is 63.4 Å². The first-order valence-corrected chi connectivity index (χ1v) is 16.6. The first-order chi connectivity index (χ1) is 23.7. The first kappa shape index (κ1) is 33.5. The number of esters is 1. The number of allylic oxidation sites excluding steroid dienone is 2. The Balaban J connectivity index is 1.09. The van der Waals surface area contributed by atoms with Crippen LogP contribution in [0, 0.1) is 10.1 Å². The minimum absolute atomic E-state index is 0.00671. The zero-order valence-corrected chi connectivity index (χ0v) is 28.2. The number of benzene rings is 3. The summed E-state index contributed by atoms with van der Waals surface area (Å²) in [6.45, 7) is 6.72. The summed E-state index contributed by atoms with van der Waals surface area (Å²) >= 11 is 0. The molecule has 0 bridgehead atoms. The Morgan fingerprint density at radius 2 is 1.71 bits per heavy atom. The molecule has 2 heterocycles. The molecule has 1 spiro atoms. The number of hydrogen-bond donors (Lipinski definition) is 0. The van der Waals surface area contributed by atoms with E-state index in [1.165, 1.54) is 25.3 Å². The number of ether oxygens (including phenoxy) is 3. The van der Waals surface area contributed by atoms with E-state index in [4.69, 9.17) is 14.2 Å². The van der Waals surface area contributed by atoms with Gasteiger partial charge < -0.3 is 14.2 Å². The second kappa shape index (κ2) is 14.4. The van der Waals surface area contributed by atoms with Gasteiger partial charge in [-0.1, -0.05) is 50.5 Å². The fraction of sp³-hybridized carbons (Fsp3) is 0.308. The molecule has 10 nitrogen and oxygen atoms in total. The van der Waals surface area contributed by atoms with Crippen molar-refractivity contribution in [3.05, 3.63) is 128 Å². The number of nitrogens with zero attached hydrogens (tertiary/aromatic N) is 4. The molecule has 0 radical (unpaired) electrons. The van der Waals surface area contributed by atoms with Crippen molar-refractivity contribution in [3.63, 3.8) is 0 Å². The molecule has 0 saturated heterocycles. The predicted molar refractivity (Wildman–Crippen MR) is 188 cm³/mol. The highest BCUT2D eigenvalue weighted by atomic mass is 16.6. The topological polar surface area (TPSA) is 116 Å². The Kier molecular flexibility index (Phi) is 9.87. The van der Waals surface area contributed by atoms with Crippen LogP contribution in [0.3, 0.4) is 0 Å². The summed E-state index contributed by atoms with van der Waals surface area (Å²) in [4.78, 5) is 26.8. The van der Waals surface area contributed by atoms with Crippen LogP contribution in [0.5, 0.6) is 11.5 Å². The number of nitro benzene ring substituents is 1. The second-order valence-electron chi connectivity index (χ2n) is 12.5. The van der Waals surface area contributed by atoms with Crippen LogP contribution in [0.4, 0.5) is 17.1 Å². The van der Waals surface area contributed by atoms with Crippen LogP contribution in [-0.2, 0) is 11.3 Å². The minimum atomic E-state index is -0.941. The smallest absolute Gasteiger partial charge is 0.338 e. The maximum absolute atomic E-state index is 12.9. The molecule has 0 amide bonds. The zero-order chi connectivity index (χ0) is 34.5. The van der Waals surface area contributed by atoms with E-state index >= 15 is 0 Å². The summed E-state index contributed by atoms with van der Waals surface area (Å²) < 4.78 is 17.9. The Bertz CT molecular complexity index is 1890. The van der Waals surface area contributed by atoms with E-state index in [0.717, 1.165) is 28.9 Å². The molecule has 2 unspecified atom stereocenters. The highest BCUT2D eigenvalue weighted by molar-refractivity contribution is 5.89. The van der Waals surface area contributed by atoms with Crippen LogP contribution in [0.25, 0.3) is 6.08 Å². The lowest BCUT2D eigenvalue weighted by atomic mass is 9.90. The summed E-state index contributed by atoms with van der Waals surface area (Å²) in [5, 5.41) is 20.8. The molecule has 2 atom stereocenters. The number of unbranched alkanes of at least 4 members (excludes halogenated alkanes) is 3. The molecular formula is C39H40N4O6. The number of nitro groups is 1. The summed E-state index contributed by atoms with van der Waals surface area (Å²) in [5.41, 5.74) is 4.52. The highest BCUT2D eigenvalue weighted by Crippen LogP contribution is 2.51. The number of hydrogen-bond acceptors (Lipinski definition) is 9. The van der Waals surface area contributed by atoms with Crippen molar-refractivity contribution in [1.29, 1.82) is 0 Å². The number of rotatable bonds is 12. The number of carbonyl (C=O) groups excluding carboxylic acids is 1. The Hall–Kier alpha value is -5.35. The van der Waals surface area contributed by atoms with Crippen LogP contribution in [0.1, 0.15) is 67.9 Å². The third-order valence-electron chi connectivity index (χ3n) is 9.22. The maximum Gasteiger partial charge on any atom is 0.338 e. The van der Waals surface area contributed by atoms with E-state index in [2.05, 4.69) is 34.2 Å². The molecule has 1 aliphatic carbocycles. The van der Waals surface area contributed by atoms with Gasteiger partial charge in [0.15, 0.2) is 0 Å². The van der Waals surface area contributed by atoms with Crippen LogP contribution in [0.2, 0.25) is 0 Å². The first-order valence-electron chi connectivity index (χ1n) is 16.6. The van der Waals surface area contributed by atoms with Crippen LogP contribution in [-0.4, -0.2) is 41.2 Å². The third-order valence-corrected chi connectivity index (χ3v) is 9.22. The van der Waals surface area contributed by atoms with Crippen LogP contribution < -0.4 is 9.47 Å². The van der Waals surface area contributed by atoms with Crippen molar-refractivity contribution in [2.24, 2.45) is 10.2 Å². The van der Waals surface area contributed by atoms with Gasteiger partial charge in [-0.3, -0.25) is 15.0 Å². The molecule has 0 saturated carbocycles. The normalized spacial score (nSPS) is 19.5. The van der Waals surface area contributed by atoms with E-state index < -0.39 is 16.6 Å². The van der Waals surface area contributed by atoms with E-state index in [9.17, 15) is 14.9 Å². The fourth-order valence-corrected chi connectivity index (χ4v) is 6.63. The van der Waals surface area contributed by atoms with E-state index in [1.54, 1.807) is 30.3 Å². The lowest BCUT2D eigenvalue weighted by Crippen LogP contribution is -2.53.